The molecule has 0 atom stereocenters. The van der Waals surface area contributed by atoms with Crippen molar-refractivity contribution in [1.82, 2.24) is 9.55 Å². The van der Waals surface area contributed by atoms with E-state index in [0.29, 0.717) is 0 Å². The van der Waals surface area contributed by atoms with Crippen LogP contribution in [0.5, 0.6) is 0 Å². The number of aromatic carboxylic acids is 1. The summed E-state index contributed by atoms with van der Waals surface area (Å²) in [4.78, 5) is 18.3. The molecule has 0 amide bonds. The van der Waals surface area contributed by atoms with Crippen LogP contribution in [0.3, 0.4) is 0 Å². The molecule has 2 heterocycles. The van der Waals surface area contributed by atoms with Crippen LogP contribution in [0.4, 0.5) is 5.95 Å². The molecule has 1 aliphatic rings. The fraction of sp³-hybridized carbons (Fsp3) is 0.263. The van der Waals surface area contributed by atoms with Gasteiger partial charge in [-0.1, -0.05) is 17.7 Å². The van der Waals surface area contributed by atoms with E-state index in [-0.39, 0.29) is 5.56 Å². The fourth-order valence-electron chi connectivity index (χ4n) is 3.28. The van der Waals surface area contributed by atoms with Gasteiger partial charge in [-0.15, -0.1) is 0 Å². The van der Waals surface area contributed by atoms with Crippen LogP contribution in [-0.4, -0.2) is 33.7 Å². The molecule has 0 aliphatic carbocycles. The van der Waals surface area contributed by atoms with Crippen LogP contribution in [0.15, 0.2) is 42.5 Å². The zero-order chi connectivity index (χ0) is 16.7. The molecule has 0 radical (unpaired) electrons. The van der Waals surface area contributed by atoms with Gasteiger partial charge >= 0.3 is 5.97 Å². The number of fused-ring (bicyclic) bond motifs is 1. The first-order valence-electron chi connectivity index (χ1n) is 8.21. The van der Waals surface area contributed by atoms with Gasteiger partial charge in [0, 0.05) is 18.8 Å². The highest BCUT2D eigenvalue weighted by Crippen LogP contribution is 2.30. The Morgan fingerprint density at radius 3 is 2.46 bits per heavy atom. The molecule has 24 heavy (non-hydrogen) atoms. The number of carboxylic acid groups (broad SMARTS) is 1. The molecular weight excluding hydrogens is 302 g/mol. The van der Waals surface area contributed by atoms with Gasteiger partial charge in [0.05, 0.1) is 16.6 Å². The summed E-state index contributed by atoms with van der Waals surface area (Å²) in [7, 11) is 0. The summed E-state index contributed by atoms with van der Waals surface area (Å²) in [5.41, 5.74) is 4.18. The maximum Gasteiger partial charge on any atom is 0.335 e. The highest BCUT2D eigenvalue weighted by Gasteiger charge is 2.21. The number of anilines is 1. The monoisotopic (exact) mass is 321 g/mol. The largest absolute Gasteiger partial charge is 0.478 e. The quantitative estimate of drug-likeness (QED) is 0.800. The first kappa shape index (κ1) is 14.8. The Morgan fingerprint density at radius 2 is 1.79 bits per heavy atom. The SMILES string of the molecule is Cc1ccc(-n2c(N3CCCC3)nc3cc(C(=O)O)ccc32)cc1. The van der Waals surface area contributed by atoms with Crippen molar-refractivity contribution in [3.05, 3.63) is 53.6 Å². The predicted octanol–water partition coefficient (Wildman–Crippen LogP) is 3.63. The van der Waals surface area contributed by atoms with E-state index in [1.165, 1.54) is 5.56 Å². The average molecular weight is 321 g/mol. The lowest BCUT2D eigenvalue weighted by Gasteiger charge is -2.18. The lowest BCUT2D eigenvalue weighted by molar-refractivity contribution is 0.0697. The molecule has 1 aromatic heterocycles. The van der Waals surface area contributed by atoms with Gasteiger partial charge in [-0.2, -0.15) is 0 Å². The van der Waals surface area contributed by atoms with Crippen LogP contribution < -0.4 is 4.90 Å². The van der Waals surface area contributed by atoms with E-state index in [2.05, 4.69) is 40.7 Å². The first-order chi connectivity index (χ1) is 11.6. The Balaban J connectivity index is 1.95. The molecule has 5 heteroatoms. The van der Waals surface area contributed by atoms with Crippen LogP contribution in [0.25, 0.3) is 16.7 Å². The molecule has 0 bridgehead atoms. The molecule has 1 N–H and O–H groups in total. The standard InChI is InChI=1S/C19H19N3O2/c1-13-4-7-15(8-5-13)22-17-9-6-14(18(23)24)12-16(17)20-19(22)21-10-2-3-11-21/h4-9,12H,2-3,10-11H2,1H3,(H,23,24). The zero-order valence-corrected chi connectivity index (χ0v) is 13.6. The van der Waals surface area contributed by atoms with Crippen molar-refractivity contribution in [3.63, 3.8) is 0 Å². The van der Waals surface area contributed by atoms with Gasteiger partial charge in [0.15, 0.2) is 0 Å². The second-order valence-corrected chi connectivity index (χ2v) is 6.29. The summed E-state index contributed by atoms with van der Waals surface area (Å²) in [5.74, 6) is -0.0293. The van der Waals surface area contributed by atoms with E-state index in [1.54, 1.807) is 12.1 Å². The Labute approximate surface area is 140 Å². The van der Waals surface area contributed by atoms with Gasteiger partial charge in [-0.05, 0) is 50.1 Å². The van der Waals surface area contributed by atoms with Crippen LogP contribution in [0, 0.1) is 6.92 Å². The second-order valence-electron chi connectivity index (χ2n) is 6.29. The van der Waals surface area contributed by atoms with Crippen LogP contribution in [0.1, 0.15) is 28.8 Å². The lowest BCUT2D eigenvalue weighted by Crippen LogP contribution is -2.21. The van der Waals surface area contributed by atoms with E-state index in [0.717, 1.165) is 48.6 Å². The summed E-state index contributed by atoms with van der Waals surface area (Å²) in [6.45, 7) is 4.04. The third-order valence-electron chi connectivity index (χ3n) is 4.56. The zero-order valence-electron chi connectivity index (χ0n) is 13.6. The second kappa shape index (κ2) is 5.67. The number of hydrogen-bond acceptors (Lipinski definition) is 3. The molecule has 0 unspecified atom stereocenters. The van der Waals surface area contributed by atoms with Gasteiger partial charge < -0.3 is 10.0 Å². The topological polar surface area (TPSA) is 58.4 Å². The lowest BCUT2D eigenvalue weighted by atomic mass is 10.2. The minimum atomic E-state index is -0.926. The highest BCUT2D eigenvalue weighted by molar-refractivity contribution is 5.93. The molecule has 0 saturated carbocycles. The maximum absolute atomic E-state index is 11.3. The van der Waals surface area contributed by atoms with Gasteiger partial charge in [0.2, 0.25) is 5.95 Å². The Morgan fingerprint density at radius 1 is 1.08 bits per heavy atom. The van der Waals surface area contributed by atoms with E-state index in [4.69, 9.17) is 4.98 Å². The Kier molecular flexibility index (Phi) is 3.49. The predicted molar refractivity (Wildman–Crippen MR) is 94.2 cm³/mol. The molecule has 2 aromatic carbocycles. The molecule has 5 nitrogen and oxygen atoms in total. The summed E-state index contributed by atoms with van der Waals surface area (Å²) >= 11 is 0. The highest BCUT2D eigenvalue weighted by atomic mass is 16.4. The Bertz CT molecular complexity index is 906. The number of hydrogen-bond donors (Lipinski definition) is 1. The van der Waals surface area contributed by atoms with Crippen molar-refractivity contribution in [2.24, 2.45) is 0 Å². The number of aryl methyl sites for hydroxylation is 1. The molecule has 3 aromatic rings. The van der Waals surface area contributed by atoms with E-state index >= 15 is 0 Å². The fourth-order valence-corrected chi connectivity index (χ4v) is 3.28. The summed E-state index contributed by atoms with van der Waals surface area (Å²) in [5, 5.41) is 9.23. The van der Waals surface area contributed by atoms with E-state index in [9.17, 15) is 9.90 Å². The summed E-state index contributed by atoms with van der Waals surface area (Å²) in [6.07, 6.45) is 2.33. The number of aromatic nitrogens is 2. The van der Waals surface area contributed by atoms with Gasteiger partial charge in [0.25, 0.3) is 0 Å². The molecule has 1 aliphatic heterocycles. The Hall–Kier alpha value is -2.82. The molecule has 0 spiro atoms. The molecule has 1 saturated heterocycles. The van der Waals surface area contributed by atoms with Crippen LogP contribution in [-0.2, 0) is 0 Å². The van der Waals surface area contributed by atoms with Crippen molar-refractivity contribution >= 4 is 23.0 Å². The van der Waals surface area contributed by atoms with Gasteiger partial charge in [0.1, 0.15) is 0 Å². The van der Waals surface area contributed by atoms with Crippen molar-refractivity contribution in [2.75, 3.05) is 18.0 Å². The van der Waals surface area contributed by atoms with Crippen LogP contribution >= 0.6 is 0 Å². The molecule has 122 valence electrons. The number of carboxylic acids is 1. The third-order valence-corrected chi connectivity index (χ3v) is 4.56. The van der Waals surface area contributed by atoms with Crippen LogP contribution in [0.2, 0.25) is 0 Å². The number of nitrogens with zero attached hydrogens (tertiary/aromatic N) is 3. The van der Waals surface area contributed by atoms with Crippen molar-refractivity contribution in [2.45, 2.75) is 19.8 Å². The van der Waals surface area contributed by atoms with Gasteiger partial charge in [-0.3, -0.25) is 4.57 Å². The maximum atomic E-state index is 11.3. The molecule has 1 fully saturated rings. The average Bonchev–Trinajstić information content (AvgIpc) is 3.22. The summed E-state index contributed by atoms with van der Waals surface area (Å²) < 4.78 is 2.13. The smallest absolute Gasteiger partial charge is 0.335 e. The number of carbonyl (C=O) groups is 1. The third kappa shape index (κ3) is 2.42. The van der Waals surface area contributed by atoms with Crippen molar-refractivity contribution < 1.29 is 9.90 Å². The number of rotatable bonds is 3. The number of imidazole rings is 1. The molecule has 4 rings (SSSR count). The van der Waals surface area contributed by atoms with Crippen molar-refractivity contribution in [3.8, 4) is 5.69 Å². The first-order valence-corrected chi connectivity index (χ1v) is 8.21. The van der Waals surface area contributed by atoms with E-state index < -0.39 is 5.97 Å². The number of benzene rings is 2. The van der Waals surface area contributed by atoms with Crippen molar-refractivity contribution in [1.29, 1.82) is 0 Å². The minimum absolute atomic E-state index is 0.268. The minimum Gasteiger partial charge on any atom is -0.478 e. The molecular formula is C19H19N3O2. The summed E-state index contributed by atoms with van der Waals surface area (Å²) in [6, 6.07) is 13.5. The van der Waals surface area contributed by atoms with Gasteiger partial charge in [-0.25, -0.2) is 9.78 Å². The normalized spacial score (nSPS) is 14.5. The van der Waals surface area contributed by atoms with E-state index in [1.807, 2.05) is 6.07 Å².